The van der Waals surface area contributed by atoms with Crippen LogP contribution >= 0.6 is 0 Å². The third-order valence-corrected chi connectivity index (χ3v) is 5.75. The van der Waals surface area contributed by atoms with E-state index >= 15 is 0 Å². The number of hydrogen-bond donors (Lipinski definition) is 1. The minimum atomic E-state index is -0.550. The Balaban J connectivity index is 1.51. The third-order valence-electron chi connectivity index (χ3n) is 5.75. The maximum absolute atomic E-state index is 12.1. The van der Waals surface area contributed by atoms with Crippen molar-refractivity contribution in [3.8, 4) is 11.5 Å². The van der Waals surface area contributed by atoms with Gasteiger partial charge in [0.15, 0.2) is 11.5 Å². The van der Waals surface area contributed by atoms with Crippen LogP contribution in [0.15, 0.2) is 24.0 Å². The smallest absolute Gasteiger partial charge is 0.342 e. The number of esters is 3. The Morgan fingerprint density at radius 2 is 2.03 bits per heavy atom. The minimum absolute atomic E-state index is 0.131. The van der Waals surface area contributed by atoms with Crippen molar-refractivity contribution in [2.45, 2.75) is 39.7 Å². The molecule has 2 aliphatic rings. The summed E-state index contributed by atoms with van der Waals surface area (Å²) in [5.41, 5.74) is 3.44. The molecule has 178 valence electrons. The molecule has 1 aromatic rings. The normalized spacial score (nSPS) is 16.3. The number of phenols is 1. The van der Waals surface area contributed by atoms with Crippen LogP contribution in [0.2, 0.25) is 0 Å². The predicted octanol–water partition coefficient (Wildman–Crippen LogP) is 2.56. The molecule has 1 N–H and O–H groups in total. The first kappa shape index (κ1) is 24.3. The van der Waals surface area contributed by atoms with Crippen LogP contribution in [0.3, 0.4) is 0 Å². The Kier molecular flexibility index (Phi) is 7.75. The number of carbonyl (C=O) groups is 3. The fourth-order valence-electron chi connectivity index (χ4n) is 3.93. The highest BCUT2D eigenvalue weighted by atomic mass is 16.5. The molecule has 1 saturated heterocycles. The van der Waals surface area contributed by atoms with Crippen LogP contribution < -0.4 is 4.74 Å². The maximum atomic E-state index is 12.1. The van der Waals surface area contributed by atoms with Gasteiger partial charge in [-0.15, -0.1) is 0 Å². The number of phenolic OH excluding ortho intramolecular Hbond substituents is 1. The summed E-state index contributed by atoms with van der Waals surface area (Å²) in [5.74, 6) is -0.776. The second kappa shape index (κ2) is 10.5. The Labute approximate surface area is 192 Å². The van der Waals surface area contributed by atoms with E-state index in [9.17, 15) is 19.5 Å². The molecule has 0 bridgehead atoms. The van der Waals surface area contributed by atoms with E-state index in [1.54, 1.807) is 0 Å². The molecule has 1 fully saturated rings. The number of rotatable bonds is 9. The van der Waals surface area contributed by atoms with E-state index in [1.165, 1.54) is 7.11 Å². The highest BCUT2D eigenvalue weighted by Crippen LogP contribution is 2.42. The second-order valence-electron chi connectivity index (χ2n) is 8.11. The van der Waals surface area contributed by atoms with Crippen LogP contribution in [-0.4, -0.2) is 61.3 Å². The Morgan fingerprint density at radius 1 is 1.27 bits per heavy atom. The van der Waals surface area contributed by atoms with Gasteiger partial charge in [-0.3, -0.25) is 14.5 Å². The van der Waals surface area contributed by atoms with Crippen molar-refractivity contribution in [2.75, 3.05) is 33.4 Å². The third kappa shape index (κ3) is 5.73. The first-order valence-electron chi connectivity index (χ1n) is 10.7. The van der Waals surface area contributed by atoms with Crippen LogP contribution in [0.4, 0.5) is 0 Å². The van der Waals surface area contributed by atoms with Gasteiger partial charge in [0, 0.05) is 24.1 Å². The largest absolute Gasteiger partial charge is 0.504 e. The van der Waals surface area contributed by atoms with E-state index in [0.29, 0.717) is 37.3 Å². The SMILES string of the molecule is C=C1CN(CCOC(=O)CC/C(C)=C/Cc2c(C)c3c(c(O)c2OC)C(=O)OC3)CC(=O)O1. The predicted molar refractivity (Wildman–Crippen MR) is 118 cm³/mol. The van der Waals surface area contributed by atoms with Gasteiger partial charge in [-0.25, -0.2) is 4.79 Å². The summed E-state index contributed by atoms with van der Waals surface area (Å²) in [5, 5.41) is 10.5. The standard InChI is InChI=1S/C24H29NO8/c1-14(6-8-19(26)31-10-9-25-11-15(2)33-20(27)12-25)5-7-17-16(3)18-13-32-24(29)21(18)22(28)23(17)30-4/h5,28H,2,6-13H2,1,3-4H3/b14-5+. The molecule has 0 aliphatic carbocycles. The van der Waals surface area contributed by atoms with Crippen LogP contribution in [0, 0.1) is 6.92 Å². The molecule has 0 aromatic heterocycles. The van der Waals surface area contributed by atoms with Crippen molar-refractivity contribution in [2.24, 2.45) is 0 Å². The lowest BCUT2D eigenvalue weighted by Crippen LogP contribution is -2.40. The van der Waals surface area contributed by atoms with E-state index in [4.69, 9.17) is 18.9 Å². The van der Waals surface area contributed by atoms with E-state index in [-0.39, 0.29) is 55.2 Å². The van der Waals surface area contributed by atoms with Crippen molar-refractivity contribution < 1.29 is 38.4 Å². The molecule has 3 rings (SSSR count). The van der Waals surface area contributed by atoms with E-state index < -0.39 is 5.97 Å². The van der Waals surface area contributed by atoms with Crippen molar-refractivity contribution in [1.82, 2.24) is 4.90 Å². The molecule has 0 atom stereocenters. The van der Waals surface area contributed by atoms with E-state index in [1.807, 2.05) is 24.8 Å². The molecule has 9 heteroatoms. The number of ether oxygens (including phenoxy) is 4. The average molecular weight is 459 g/mol. The minimum Gasteiger partial charge on any atom is -0.504 e. The summed E-state index contributed by atoms with van der Waals surface area (Å²) in [6, 6.07) is 0. The van der Waals surface area contributed by atoms with Gasteiger partial charge in [0.2, 0.25) is 0 Å². The lowest BCUT2D eigenvalue weighted by atomic mass is 9.93. The van der Waals surface area contributed by atoms with Gasteiger partial charge in [-0.2, -0.15) is 0 Å². The molecule has 33 heavy (non-hydrogen) atoms. The summed E-state index contributed by atoms with van der Waals surface area (Å²) < 4.78 is 20.6. The van der Waals surface area contributed by atoms with Crippen molar-refractivity contribution in [3.63, 3.8) is 0 Å². The summed E-state index contributed by atoms with van der Waals surface area (Å²) in [6.45, 7) is 8.77. The molecule has 0 spiro atoms. The summed E-state index contributed by atoms with van der Waals surface area (Å²) >= 11 is 0. The van der Waals surface area contributed by atoms with Gasteiger partial charge in [0.1, 0.15) is 24.5 Å². The molecular formula is C24H29NO8. The average Bonchev–Trinajstić information content (AvgIpc) is 3.15. The van der Waals surface area contributed by atoms with Crippen LogP contribution in [0.5, 0.6) is 11.5 Å². The van der Waals surface area contributed by atoms with Crippen LogP contribution in [0.25, 0.3) is 0 Å². The first-order valence-corrected chi connectivity index (χ1v) is 10.7. The zero-order chi connectivity index (χ0) is 24.1. The number of cyclic esters (lactones) is 2. The number of morpholine rings is 1. The second-order valence-corrected chi connectivity index (χ2v) is 8.11. The number of nitrogens with zero attached hydrogens (tertiary/aromatic N) is 1. The lowest BCUT2D eigenvalue weighted by Gasteiger charge is -2.26. The van der Waals surface area contributed by atoms with Gasteiger partial charge in [0.25, 0.3) is 0 Å². The summed E-state index contributed by atoms with van der Waals surface area (Å²) in [4.78, 5) is 37.2. The monoisotopic (exact) mass is 459 g/mol. The molecule has 0 radical (unpaired) electrons. The lowest BCUT2D eigenvalue weighted by molar-refractivity contribution is -0.146. The van der Waals surface area contributed by atoms with Gasteiger partial charge in [-0.1, -0.05) is 18.2 Å². The molecule has 2 aliphatic heterocycles. The Hall–Kier alpha value is -3.33. The number of benzene rings is 1. The van der Waals surface area contributed by atoms with Crippen LogP contribution in [0.1, 0.15) is 46.8 Å². The van der Waals surface area contributed by atoms with E-state index in [2.05, 4.69) is 6.58 Å². The zero-order valence-corrected chi connectivity index (χ0v) is 19.2. The fraction of sp³-hybridized carbons (Fsp3) is 0.458. The van der Waals surface area contributed by atoms with Crippen LogP contribution in [-0.2, 0) is 36.8 Å². The number of allylic oxidation sites excluding steroid dienone is 2. The van der Waals surface area contributed by atoms with Gasteiger partial charge < -0.3 is 24.1 Å². The molecule has 1 aromatic carbocycles. The van der Waals surface area contributed by atoms with Crippen molar-refractivity contribution >= 4 is 17.9 Å². The molecule has 0 unspecified atom stereocenters. The highest BCUT2D eigenvalue weighted by Gasteiger charge is 2.32. The molecule has 0 saturated carbocycles. The number of aromatic hydroxyl groups is 1. The quantitative estimate of drug-likeness (QED) is 0.338. The van der Waals surface area contributed by atoms with Crippen molar-refractivity contribution in [3.05, 3.63) is 46.2 Å². The van der Waals surface area contributed by atoms with E-state index in [0.717, 1.165) is 16.7 Å². The van der Waals surface area contributed by atoms with Crippen molar-refractivity contribution in [1.29, 1.82) is 0 Å². The summed E-state index contributed by atoms with van der Waals surface area (Å²) in [6.07, 6.45) is 3.18. The Bertz CT molecular complexity index is 994. The molecular weight excluding hydrogens is 430 g/mol. The topological polar surface area (TPSA) is 112 Å². The number of carbonyl (C=O) groups excluding carboxylic acids is 3. The maximum Gasteiger partial charge on any atom is 0.342 e. The first-order chi connectivity index (χ1) is 15.7. The van der Waals surface area contributed by atoms with Gasteiger partial charge in [-0.05, 0) is 32.3 Å². The number of fused-ring (bicyclic) bond motifs is 1. The van der Waals surface area contributed by atoms with Gasteiger partial charge >= 0.3 is 17.9 Å². The molecule has 2 heterocycles. The zero-order valence-electron chi connectivity index (χ0n) is 19.2. The summed E-state index contributed by atoms with van der Waals surface area (Å²) in [7, 11) is 1.44. The molecule has 9 nitrogen and oxygen atoms in total. The molecule has 0 amide bonds. The fourth-order valence-corrected chi connectivity index (χ4v) is 3.93. The highest BCUT2D eigenvalue weighted by molar-refractivity contribution is 5.98. The number of hydrogen-bond acceptors (Lipinski definition) is 9. The van der Waals surface area contributed by atoms with Gasteiger partial charge in [0.05, 0.1) is 20.2 Å². The Morgan fingerprint density at radius 3 is 2.73 bits per heavy atom. The number of methoxy groups -OCH3 is 1.